The van der Waals surface area contributed by atoms with E-state index in [2.05, 4.69) is 36.5 Å². The highest BCUT2D eigenvalue weighted by atomic mass is 32.2. The molecule has 3 heteroatoms. The second-order valence-corrected chi connectivity index (χ2v) is 4.50. The summed E-state index contributed by atoms with van der Waals surface area (Å²) in [7, 11) is 0. The maximum absolute atomic E-state index is 5.69. The lowest BCUT2D eigenvalue weighted by Crippen LogP contribution is -2.24. The van der Waals surface area contributed by atoms with Crippen molar-refractivity contribution >= 4 is 17.4 Å². The van der Waals surface area contributed by atoms with E-state index in [1.165, 1.54) is 10.6 Å². The van der Waals surface area contributed by atoms with Gasteiger partial charge in [0.2, 0.25) is 0 Å². The molecule has 0 bridgehead atoms. The SMILES string of the molecule is CCCOC1CNc2ccccc2S1. The van der Waals surface area contributed by atoms with Crippen LogP contribution in [0.3, 0.4) is 0 Å². The number of para-hydroxylation sites is 1. The number of fused-ring (bicyclic) bond motifs is 1. The van der Waals surface area contributed by atoms with E-state index in [0.717, 1.165) is 19.6 Å². The van der Waals surface area contributed by atoms with Gasteiger partial charge in [-0.2, -0.15) is 0 Å². The van der Waals surface area contributed by atoms with Gasteiger partial charge in [-0.3, -0.25) is 0 Å². The molecule has 0 radical (unpaired) electrons. The molecule has 14 heavy (non-hydrogen) atoms. The summed E-state index contributed by atoms with van der Waals surface area (Å²) in [6.07, 6.45) is 1.08. The minimum absolute atomic E-state index is 0.268. The van der Waals surface area contributed by atoms with Crippen LogP contribution in [0.1, 0.15) is 13.3 Å². The van der Waals surface area contributed by atoms with Gasteiger partial charge in [-0.25, -0.2) is 0 Å². The lowest BCUT2D eigenvalue weighted by molar-refractivity contribution is 0.120. The molecule has 0 aromatic heterocycles. The lowest BCUT2D eigenvalue weighted by atomic mass is 10.3. The van der Waals surface area contributed by atoms with Crippen LogP contribution >= 0.6 is 11.8 Å². The molecule has 0 aliphatic carbocycles. The van der Waals surface area contributed by atoms with Crippen molar-refractivity contribution in [3.05, 3.63) is 24.3 Å². The molecular weight excluding hydrogens is 194 g/mol. The van der Waals surface area contributed by atoms with Gasteiger partial charge in [-0.05, 0) is 18.6 Å². The normalized spacial score (nSPS) is 19.9. The Morgan fingerprint density at radius 3 is 3.21 bits per heavy atom. The highest BCUT2D eigenvalue weighted by Crippen LogP contribution is 2.34. The number of thioether (sulfide) groups is 1. The third kappa shape index (κ3) is 2.22. The molecule has 1 aromatic rings. The summed E-state index contributed by atoms with van der Waals surface area (Å²) in [5.41, 5.74) is 1.50. The molecular formula is C11H15NOS. The highest BCUT2D eigenvalue weighted by Gasteiger charge is 2.18. The Morgan fingerprint density at radius 2 is 2.36 bits per heavy atom. The minimum Gasteiger partial charge on any atom is -0.381 e. The Balaban J connectivity index is 1.99. The van der Waals surface area contributed by atoms with Crippen LogP contribution in [0.25, 0.3) is 0 Å². The average Bonchev–Trinajstić information content (AvgIpc) is 2.26. The van der Waals surface area contributed by atoms with E-state index in [1.807, 2.05) is 11.8 Å². The fourth-order valence-corrected chi connectivity index (χ4v) is 2.47. The highest BCUT2D eigenvalue weighted by molar-refractivity contribution is 8.00. The molecule has 76 valence electrons. The van der Waals surface area contributed by atoms with E-state index in [-0.39, 0.29) is 5.44 Å². The first-order chi connectivity index (χ1) is 6.90. The molecule has 1 aliphatic heterocycles. The van der Waals surface area contributed by atoms with E-state index in [4.69, 9.17) is 4.74 Å². The van der Waals surface area contributed by atoms with Crippen LogP contribution in [0.4, 0.5) is 5.69 Å². The number of hydrogen-bond acceptors (Lipinski definition) is 3. The van der Waals surface area contributed by atoms with Crippen molar-refractivity contribution in [1.82, 2.24) is 0 Å². The van der Waals surface area contributed by atoms with Gasteiger partial charge in [0.1, 0.15) is 5.44 Å². The van der Waals surface area contributed by atoms with Crippen LogP contribution in [-0.4, -0.2) is 18.6 Å². The van der Waals surface area contributed by atoms with Crippen LogP contribution in [0.5, 0.6) is 0 Å². The molecule has 1 aliphatic rings. The van der Waals surface area contributed by atoms with E-state index in [1.54, 1.807) is 0 Å². The summed E-state index contributed by atoms with van der Waals surface area (Å²) in [5, 5.41) is 3.38. The van der Waals surface area contributed by atoms with Crippen molar-refractivity contribution in [2.45, 2.75) is 23.7 Å². The van der Waals surface area contributed by atoms with Gasteiger partial charge in [0.15, 0.2) is 0 Å². The average molecular weight is 209 g/mol. The molecule has 2 rings (SSSR count). The Labute approximate surface area is 89.0 Å². The second kappa shape index (κ2) is 4.71. The molecule has 2 nitrogen and oxygen atoms in total. The molecule has 0 spiro atoms. The monoisotopic (exact) mass is 209 g/mol. The van der Waals surface area contributed by atoms with Gasteiger partial charge in [0.05, 0.1) is 6.54 Å². The predicted octanol–water partition coefficient (Wildman–Crippen LogP) is 2.96. The Bertz CT molecular complexity index is 303. The smallest absolute Gasteiger partial charge is 0.124 e. The van der Waals surface area contributed by atoms with Crippen molar-refractivity contribution in [3.8, 4) is 0 Å². The third-order valence-electron chi connectivity index (χ3n) is 2.11. The first-order valence-corrected chi connectivity index (χ1v) is 5.89. The summed E-state index contributed by atoms with van der Waals surface area (Å²) in [5.74, 6) is 0. The van der Waals surface area contributed by atoms with Gasteiger partial charge in [0.25, 0.3) is 0 Å². The van der Waals surface area contributed by atoms with Gasteiger partial charge in [0, 0.05) is 17.2 Å². The van der Waals surface area contributed by atoms with Crippen molar-refractivity contribution in [1.29, 1.82) is 0 Å². The number of anilines is 1. The molecule has 1 heterocycles. The quantitative estimate of drug-likeness (QED) is 0.827. The van der Waals surface area contributed by atoms with Gasteiger partial charge >= 0.3 is 0 Å². The van der Waals surface area contributed by atoms with Gasteiger partial charge in [-0.1, -0.05) is 30.8 Å². The first-order valence-electron chi connectivity index (χ1n) is 5.01. The molecule has 0 saturated carbocycles. The number of nitrogens with one attached hydrogen (secondary N) is 1. The van der Waals surface area contributed by atoms with E-state index in [0.29, 0.717) is 0 Å². The molecule has 1 N–H and O–H groups in total. The van der Waals surface area contributed by atoms with E-state index >= 15 is 0 Å². The lowest BCUT2D eigenvalue weighted by Gasteiger charge is -2.25. The summed E-state index contributed by atoms with van der Waals surface area (Å²) in [4.78, 5) is 1.29. The van der Waals surface area contributed by atoms with Crippen molar-refractivity contribution in [3.63, 3.8) is 0 Å². The largest absolute Gasteiger partial charge is 0.381 e. The van der Waals surface area contributed by atoms with Crippen molar-refractivity contribution in [2.75, 3.05) is 18.5 Å². The van der Waals surface area contributed by atoms with Gasteiger partial charge < -0.3 is 10.1 Å². The molecule has 0 fully saturated rings. The summed E-state index contributed by atoms with van der Waals surface area (Å²) < 4.78 is 5.69. The molecule has 0 amide bonds. The van der Waals surface area contributed by atoms with Crippen molar-refractivity contribution in [2.24, 2.45) is 0 Å². The second-order valence-electron chi connectivity index (χ2n) is 3.30. The zero-order chi connectivity index (χ0) is 9.80. The standard InChI is InChI=1S/C11H15NOS/c1-2-7-13-11-8-12-9-5-3-4-6-10(9)14-11/h3-6,11-12H,2,7-8H2,1H3. The fourth-order valence-electron chi connectivity index (χ4n) is 1.43. The maximum atomic E-state index is 5.69. The zero-order valence-corrected chi connectivity index (χ0v) is 9.14. The van der Waals surface area contributed by atoms with Crippen LogP contribution < -0.4 is 5.32 Å². The fraction of sp³-hybridized carbons (Fsp3) is 0.455. The van der Waals surface area contributed by atoms with Crippen LogP contribution in [0, 0.1) is 0 Å². The Kier molecular flexibility index (Phi) is 3.32. The van der Waals surface area contributed by atoms with E-state index in [9.17, 15) is 0 Å². The van der Waals surface area contributed by atoms with E-state index < -0.39 is 0 Å². The van der Waals surface area contributed by atoms with Crippen LogP contribution in [-0.2, 0) is 4.74 Å². The molecule has 0 saturated heterocycles. The summed E-state index contributed by atoms with van der Waals surface area (Å²) in [6, 6.07) is 8.36. The Hall–Kier alpha value is -0.670. The van der Waals surface area contributed by atoms with Crippen LogP contribution in [0.15, 0.2) is 29.2 Å². The van der Waals surface area contributed by atoms with Crippen LogP contribution in [0.2, 0.25) is 0 Å². The Morgan fingerprint density at radius 1 is 1.50 bits per heavy atom. The summed E-state index contributed by atoms with van der Waals surface area (Å²) in [6.45, 7) is 3.89. The van der Waals surface area contributed by atoms with Gasteiger partial charge in [-0.15, -0.1) is 0 Å². The molecule has 1 aromatic carbocycles. The number of ether oxygens (including phenoxy) is 1. The predicted molar refractivity (Wildman–Crippen MR) is 60.8 cm³/mol. The van der Waals surface area contributed by atoms with Crippen molar-refractivity contribution < 1.29 is 4.74 Å². The molecule has 1 unspecified atom stereocenters. The minimum atomic E-state index is 0.268. The molecule has 1 atom stereocenters. The first kappa shape index (κ1) is 9.87. The maximum Gasteiger partial charge on any atom is 0.124 e. The number of rotatable bonds is 3. The topological polar surface area (TPSA) is 21.3 Å². The number of hydrogen-bond donors (Lipinski definition) is 1. The third-order valence-corrected chi connectivity index (χ3v) is 3.29. The summed E-state index contributed by atoms with van der Waals surface area (Å²) >= 11 is 1.81. The number of benzene rings is 1. The zero-order valence-electron chi connectivity index (χ0n) is 8.32.